The molecule has 0 saturated carbocycles. The first-order valence-electron chi connectivity index (χ1n) is 9.11. The van der Waals surface area contributed by atoms with Crippen LogP contribution in [0.25, 0.3) is 16.6 Å². The zero-order valence-electron chi connectivity index (χ0n) is 16.2. The number of primary sulfonamides is 1. The number of pyridine rings is 2. The third-order valence-electron chi connectivity index (χ3n) is 4.71. The number of aromatic nitrogens is 4. The molecule has 0 aliphatic heterocycles. The lowest BCUT2D eigenvalue weighted by atomic mass is 10.1. The Labute approximate surface area is 176 Å². The largest absolute Gasteiger partial charge is 0.345 e. The molecule has 3 heterocycles. The Morgan fingerprint density at radius 3 is 2.61 bits per heavy atom. The Bertz CT molecular complexity index is 1390. The molecule has 31 heavy (non-hydrogen) atoms. The van der Waals surface area contributed by atoms with Crippen LogP contribution in [0.1, 0.15) is 28.9 Å². The molecule has 3 N–H and O–H groups in total. The van der Waals surface area contributed by atoms with Crippen LogP contribution in [0.5, 0.6) is 0 Å². The minimum atomic E-state index is -3.96. The van der Waals surface area contributed by atoms with Crippen molar-refractivity contribution in [3.8, 4) is 5.69 Å². The highest BCUT2D eigenvalue weighted by molar-refractivity contribution is 7.89. The summed E-state index contributed by atoms with van der Waals surface area (Å²) < 4.78 is 37.8. The molecule has 158 valence electrons. The van der Waals surface area contributed by atoms with E-state index in [0.29, 0.717) is 27.7 Å². The summed E-state index contributed by atoms with van der Waals surface area (Å²) in [5.41, 5.74) is 2.01. The van der Waals surface area contributed by atoms with Crippen molar-refractivity contribution in [3.63, 3.8) is 0 Å². The van der Waals surface area contributed by atoms with Crippen molar-refractivity contribution >= 4 is 26.8 Å². The van der Waals surface area contributed by atoms with Gasteiger partial charge < -0.3 is 5.32 Å². The summed E-state index contributed by atoms with van der Waals surface area (Å²) >= 11 is 0. The summed E-state index contributed by atoms with van der Waals surface area (Å²) in [5.74, 6) is -0.785. The van der Waals surface area contributed by atoms with E-state index >= 15 is 0 Å². The molecule has 0 saturated heterocycles. The van der Waals surface area contributed by atoms with Crippen molar-refractivity contribution in [2.24, 2.45) is 5.14 Å². The number of sulfonamides is 1. The number of halogens is 1. The number of rotatable bonds is 5. The highest BCUT2D eigenvalue weighted by atomic mass is 32.2. The molecule has 0 unspecified atom stereocenters. The fraction of sp³-hybridized carbons (Fsp3) is 0.100. The maximum absolute atomic E-state index is 13.2. The predicted molar refractivity (Wildman–Crippen MR) is 110 cm³/mol. The third-order valence-corrected chi connectivity index (χ3v) is 5.52. The van der Waals surface area contributed by atoms with E-state index in [1.54, 1.807) is 36.0 Å². The second-order valence-electron chi connectivity index (χ2n) is 6.82. The summed E-state index contributed by atoms with van der Waals surface area (Å²) in [6, 6.07) is 8.15. The van der Waals surface area contributed by atoms with Crippen LogP contribution in [0.4, 0.5) is 4.39 Å². The van der Waals surface area contributed by atoms with Gasteiger partial charge in [-0.2, -0.15) is 5.10 Å². The minimum absolute atomic E-state index is 0.282. The van der Waals surface area contributed by atoms with Crippen molar-refractivity contribution in [3.05, 3.63) is 78.1 Å². The molecule has 0 spiro atoms. The van der Waals surface area contributed by atoms with E-state index in [9.17, 15) is 17.6 Å². The standard InChI is InChI=1S/C20H17FN6O3S/c1-12(13-6-7-24-19(8-13)31(22,29)30)26-20(28)17-9-23-11-18-16(17)10-25-27(18)15-4-2-14(21)3-5-15/h2-12H,1H3,(H,26,28)(H2,22,29,30)/t12-/m0/s1. The number of fused-ring (bicyclic) bond motifs is 1. The number of hydrogen-bond acceptors (Lipinski definition) is 6. The summed E-state index contributed by atoms with van der Waals surface area (Å²) in [7, 11) is -3.96. The summed E-state index contributed by atoms with van der Waals surface area (Å²) in [6.45, 7) is 1.70. The molecule has 9 nitrogen and oxygen atoms in total. The number of nitrogens with one attached hydrogen (secondary N) is 1. The number of carbonyl (C=O) groups excluding carboxylic acids is 1. The maximum Gasteiger partial charge on any atom is 0.255 e. The molecule has 3 aromatic heterocycles. The topological polar surface area (TPSA) is 133 Å². The predicted octanol–water partition coefficient (Wildman–Crippen LogP) is 2.09. The van der Waals surface area contributed by atoms with Gasteiger partial charge in [-0.1, -0.05) is 0 Å². The first-order chi connectivity index (χ1) is 14.7. The van der Waals surface area contributed by atoms with Gasteiger partial charge in [-0.3, -0.25) is 9.78 Å². The van der Waals surface area contributed by atoms with E-state index in [2.05, 4.69) is 20.4 Å². The lowest BCUT2D eigenvalue weighted by Crippen LogP contribution is -2.27. The fourth-order valence-corrected chi connectivity index (χ4v) is 3.63. The zero-order chi connectivity index (χ0) is 22.2. The summed E-state index contributed by atoms with van der Waals surface area (Å²) in [4.78, 5) is 20.8. The van der Waals surface area contributed by atoms with E-state index in [1.165, 1.54) is 36.8 Å². The van der Waals surface area contributed by atoms with Gasteiger partial charge in [0, 0.05) is 17.8 Å². The van der Waals surface area contributed by atoms with Crippen LogP contribution in [0.3, 0.4) is 0 Å². The smallest absolute Gasteiger partial charge is 0.255 e. The van der Waals surface area contributed by atoms with E-state index in [0.717, 1.165) is 0 Å². The van der Waals surface area contributed by atoms with Gasteiger partial charge in [0.25, 0.3) is 15.9 Å². The van der Waals surface area contributed by atoms with Gasteiger partial charge in [0.1, 0.15) is 5.82 Å². The van der Waals surface area contributed by atoms with Gasteiger partial charge in [-0.05, 0) is 48.9 Å². The van der Waals surface area contributed by atoms with Crippen LogP contribution in [-0.2, 0) is 10.0 Å². The molecule has 4 aromatic rings. The molecule has 4 rings (SSSR count). The van der Waals surface area contributed by atoms with E-state index in [-0.39, 0.29) is 10.8 Å². The van der Waals surface area contributed by atoms with E-state index in [4.69, 9.17) is 5.14 Å². The van der Waals surface area contributed by atoms with Gasteiger partial charge in [-0.25, -0.2) is 27.6 Å². The lowest BCUT2D eigenvalue weighted by molar-refractivity contribution is 0.0941. The first-order valence-corrected chi connectivity index (χ1v) is 10.7. The molecule has 0 aliphatic rings. The Hall–Kier alpha value is -3.70. The molecule has 0 fully saturated rings. The molecule has 1 atom stereocenters. The van der Waals surface area contributed by atoms with Gasteiger partial charge in [0.2, 0.25) is 0 Å². The Morgan fingerprint density at radius 2 is 1.90 bits per heavy atom. The average molecular weight is 440 g/mol. The third kappa shape index (κ3) is 4.13. The second kappa shape index (κ2) is 7.85. The Balaban J connectivity index is 1.63. The van der Waals surface area contributed by atoms with Gasteiger partial charge in [0.15, 0.2) is 5.03 Å². The zero-order valence-corrected chi connectivity index (χ0v) is 17.0. The van der Waals surface area contributed by atoms with Crippen LogP contribution in [-0.4, -0.2) is 34.1 Å². The van der Waals surface area contributed by atoms with Crippen LogP contribution in [0.15, 0.2) is 66.2 Å². The molecule has 0 aliphatic carbocycles. The van der Waals surface area contributed by atoms with E-state index < -0.39 is 22.0 Å². The quantitative estimate of drug-likeness (QED) is 0.488. The molecular formula is C20H17FN6O3S. The average Bonchev–Trinajstić information content (AvgIpc) is 3.18. The van der Waals surface area contributed by atoms with Gasteiger partial charge in [-0.15, -0.1) is 0 Å². The molecule has 0 bridgehead atoms. The Morgan fingerprint density at radius 1 is 1.16 bits per heavy atom. The minimum Gasteiger partial charge on any atom is -0.345 e. The fourth-order valence-electron chi connectivity index (χ4n) is 3.12. The normalized spacial score (nSPS) is 12.6. The number of hydrogen-bond donors (Lipinski definition) is 2. The highest BCUT2D eigenvalue weighted by Gasteiger charge is 2.19. The maximum atomic E-state index is 13.2. The number of benzene rings is 1. The lowest BCUT2D eigenvalue weighted by Gasteiger charge is -2.15. The molecule has 1 aromatic carbocycles. The number of nitrogens with two attached hydrogens (primary N) is 1. The summed E-state index contributed by atoms with van der Waals surface area (Å²) in [5, 5.41) is 12.5. The summed E-state index contributed by atoms with van der Waals surface area (Å²) in [6.07, 6.45) is 5.83. The van der Waals surface area contributed by atoms with Gasteiger partial charge in [0.05, 0.1) is 35.2 Å². The van der Waals surface area contributed by atoms with Crippen molar-refractivity contribution in [1.29, 1.82) is 0 Å². The van der Waals surface area contributed by atoms with Gasteiger partial charge >= 0.3 is 0 Å². The molecule has 11 heteroatoms. The SMILES string of the molecule is C[C@H](NC(=O)c1cncc2c1cnn2-c1ccc(F)cc1)c1ccnc(S(N)(=O)=O)c1. The van der Waals surface area contributed by atoms with E-state index in [1.807, 2.05) is 0 Å². The number of carbonyl (C=O) groups is 1. The van der Waals surface area contributed by atoms with Crippen molar-refractivity contribution in [2.75, 3.05) is 0 Å². The Kier molecular flexibility index (Phi) is 5.21. The number of amides is 1. The van der Waals surface area contributed by atoms with Crippen molar-refractivity contribution < 1.29 is 17.6 Å². The highest BCUT2D eigenvalue weighted by Crippen LogP contribution is 2.22. The van der Waals surface area contributed by atoms with Crippen molar-refractivity contribution in [1.82, 2.24) is 25.1 Å². The second-order valence-corrected chi connectivity index (χ2v) is 8.33. The number of nitrogens with zero attached hydrogens (tertiary/aromatic N) is 4. The van der Waals surface area contributed by atoms with Crippen LogP contribution < -0.4 is 10.5 Å². The van der Waals surface area contributed by atoms with Crippen LogP contribution >= 0.6 is 0 Å². The van der Waals surface area contributed by atoms with Crippen LogP contribution in [0, 0.1) is 5.82 Å². The van der Waals surface area contributed by atoms with Crippen molar-refractivity contribution in [2.45, 2.75) is 18.0 Å². The first kappa shape index (κ1) is 20.6. The monoisotopic (exact) mass is 440 g/mol. The molecule has 1 amide bonds. The molecule has 0 radical (unpaired) electrons. The van der Waals surface area contributed by atoms with Crippen LogP contribution in [0.2, 0.25) is 0 Å². The molecular weight excluding hydrogens is 423 g/mol.